The molecule has 13 heteroatoms. The number of aromatic nitrogens is 3. The number of piperidine rings is 1. The second-order valence-corrected chi connectivity index (χ2v) is 13.2. The molecule has 2 N–H and O–H groups in total. The third kappa shape index (κ3) is 5.44. The van der Waals surface area contributed by atoms with E-state index in [-0.39, 0.29) is 23.2 Å². The second-order valence-electron chi connectivity index (χ2n) is 11.0. The van der Waals surface area contributed by atoms with Gasteiger partial charge in [0.25, 0.3) is 5.91 Å². The van der Waals surface area contributed by atoms with Crippen LogP contribution in [0.1, 0.15) is 54.7 Å². The molecule has 0 saturated carbocycles. The Morgan fingerprint density at radius 2 is 1.90 bits per heavy atom. The number of amides is 1. The van der Waals surface area contributed by atoms with Crippen molar-refractivity contribution in [1.82, 2.24) is 24.8 Å². The van der Waals surface area contributed by atoms with Crippen LogP contribution >= 0.6 is 11.6 Å². The lowest BCUT2D eigenvalue weighted by molar-refractivity contribution is 0.0607. The molecule has 5 heterocycles. The molecule has 0 aliphatic carbocycles. The minimum Gasteiger partial charge on any atom is -0.356 e. The average molecular weight is 587 g/mol. The number of halogens is 1. The number of carbonyl (C=O) groups excluding carboxylic acids is 1. The fourth-order valence-corrected chi connectivity index (χ4v) is 6.57. The van der Waals surface area contributed by atoms with Crippen molar-refractivity contribution < 1.29 is 13.2 Å². The van der Waals surface area contributed by atoms with Gasteiger partial charge in [0.1, 0.15) is 11.6 Å². The van der Waals surface area contributed by atoms with Gasteiger partial charge in [0.05, 0.1) is 29.2 Å². The number of carbonyl (C=O) groups is 1. The van der Waals surface area contributed by atoms with Gasteiger partial charge in [0.15, 0.2) is 5.65 Å². The number of fused-ring (bicyclic) bond motifs is 1. The standard InChI is InChI=1S/C27H35ClN8O3S/c1-18-17-34(13-9-29-18)26-16-24(33-10-5-11-33)30-25-15-22(31-36(25)26)23-6-3-4-12-35(23)27(37)20-14-19(28)7-8-21(20)32-40(2,38)39/h7-8,14-16,18,23,29,32H,3-6,9-13,17H2,1-2H3/t18-,23+/m1/s1. The van der Waals surface area contributed by atoms with Crippen molar-refractivity contribution in [1.29, 1.82) is 0 Å². The molecule has 3 aliphatic heterocycles. The van der Waals surface area contributed by atoms with E-state index < -0.39 is 10.0 Å². The van der Waals surface area contributed by atoms with Gasteiger partial charge in [0, 0.05) is 62.5 Å². The Morgan fingerprint density at radius 1 is 1.07 bits per heavy atom. The van der Waals surface area contributed by atoms with Gasteiger partial charge in [-0.15, -0.1) is 0 Å². The SMILES string of the molecule is C[C@@H]1CN(c2cc(N3CCC3)nc3cc([C@@H]4CCCCN4C(=O)c4cc(Cl)ccc4NS(C)(=O)=O)nn23)CCN1. The maximum absolute atomic E-state index is 14.0. The van der Waals surface area contributed by atoms with Crippen molar-refractivity contribution in [3.8, 4) is 0 Å². The highest BCUT2D eigenvalue weighted by molar-refractivity contribution is 7.92. The fourth-order valence-electron chi connectivity index (χ4n) is 5.82. The van der Waals surface area contributed by atoms with E-state index in [4.69, 9.17) is 21.7 Å². The first-order valence-electron chi connectivity index (χ1n) is 13.9. The molecule has 40 heavy (non-hydrogen) atoms. The van der Waals surface area contributed by atoms with E-state index in [9.17, 15) is 13.2 Å². The molecule has 6 rings (SSSR count). The first-order valence-corrected chi connectivity index (χ1v) is 16.2. The summed E-state index contributed by atoms with van der Waals surface area (Å²) in [5.41, 5.74) is 1.99. The molecule has 1 amide bonds. The fraction of sp³-hybridized carbons (Fsp3) is 0.519. The molecule has 3 aromatic rings. The maximum atomic E-state index is 14.0. The van der Waals surface area contributed by atoms with Crippen molar-refractivity contribution in [3.05, 3.63) is 46.6 Å². The zero-order valence-electron chi connectivity index (χ0n) is 22.8. The third-order valence-corrected chi connectivity index (χ3v) is 8.72. The Hall–Kier alpha value is -3.09. The predicted octanol–water partition coefficient (Wildman–Crippen LogP) is 3.13. The molecule has 1 aromatic carbocycles. The number of piperazine rings is 1. The molecule has 0 spiro atoms. The summed E-state index contributed by atoms with van der Waals surface area (Å²) in [6.07, 6.45) is 4.79. The quantitative estimate of drug-likeness (QED) is 0.453. The number of benzene rings is 1. The largest absolute Gasteiger partial charge is 0.356 e. The number of likely N-dealkylation sites (tertiary alicyclic amines) is 1. The van der Waals surface area contributed by atoms with Crippen molar-refractivity contribution in [2.75, 3.05) is 60.0 Å². The first kappa shape index (κ1) is 27.1. The molecule has 11 nitrogen and oxygen atoms in total. The van der Waals surface area contributed by atoms with Crippen LogP contribution in [0.5, 0.6) is 0 Å². The van der Waals surface area contributed by atoms with Gasteiger partial charge < -0.3 is 20.0 Å². The molecule has 214 valence electrons. The van der Waals surface area contributed by atoms with Crippen molar-refractivity contribution >= 4 is 50.5 Å². The van der Waals surface area contributed by atoms with E-state index in [2.05, 4.69) is 32.8 Å². The Kier molecular flexibility index (Phi) is 7.26. The number of rotatable bonds is 6. The summed E-state index contributed by atoms with van der Waals surface area (Å²) in [6.45, 7) is 7.35. The lowest BCUT2D eigenvalue weighted by Crippen LogP contribution is -2.50. The predicted molar refractivity (Wildman–Crippen MR) is 157 cm³/mol. The van der Waals surface area contributed by atoms with Gasteiger partial charge in [-0.3, -0.25) is 9.52 Å². The van der Waals surface area contributed by atoms with Gasteiger partial charge in [0.2, 0.25) is 10.0 Å². The van der Waals surface area contributed by atoms with Gasteiger partial charge in [-0.1, -0.05) is 11.6 Å². The normalized spacial score (nSPS) is 21.9. The number of hydrogen-bond donors (Lipinski definition) is 2. The van der Waals surface area contributed by atoms with Crippen LogP contribution in [-0.4, -0.2) is 85.4 Å². The first-order chi connectivity index (χ1) is 19.2. The lowest BCUT2D eigenvalue weighted by atomic mass is 9.98. The van der Waals surface area contributed by atoms with Crippen molar-refractivity contribution in [3.63, 3.8) is 0 Å². The van der Waals surface area contributed by atoms with Gasteiger partial charge in [-0.2, -0.15) is 9.61 Å². The molecule has 0 radical (unpaired) electrons. The Morgan fingerprint density at radius 3 is 2.62 bits per heavy atom. The van der Waals surface area contributed by atoms with E-state index in [1.807, 2.05) is 10.6 Å². The van der Waals surface area contributed by atoms with Gasteiger partial charge in [-0.05, 0) is 50.8 Å². The average Bonchev–Trinajstić information content (AvgIpc) is 3.31. The zero-order valence-corrected chi connectivity index (χ0v) is 24.4. The van der Waals surface area contributed by atoms with Gasteiger partial charge in [-0.25, -0.2) is 13.4 Å². The summed E-state index contributed by atoms with van der Waals surface area (Å²) in [6, 6.07) is 8.86. The van der Waals surface area contributed by atoms with Crippen LogP contribution in [0.15, 0.2) is 30.3 Å². The minimum absolute atomic E-state index is 0.215. The minimum atomic E-state index is -3.59. The molecule has 0 bridgehead atoms. The third-order valence-electron chi connectivity index (χ3n) is 7.90. The van der Waals surface area contributed by atoms with E-state index >= 15 is 0 Å². The lowest BCUT2D eigenvalue weighted by Gasteiger charge is -2.36. The Bertz CT molecular complexity index is 1540. The molecule has 0 unspecified atom stereocenters. The van der Waals surface area contributed by atoms with Crippen LogP contribution in [0.25, 0.3) is 5.65 Å². The molecule has 2 atom stereocenters. The van der Waals surface area contributed by atoms with E-state index in [0.29, 0.717) is 17.6 Å². The van der Waals surface area contributed by atoms with Crippen LogP contribution in [-0.2, 0) is 10.0 Å². The van der Waals surface area contributed by atoms with Crippen LogP contribution in [0.3, 0.4) is 0 Å². The summed E-state index contributed by atoms with van der Waals surface area (Å²) in [5, 5.41) is 8.92. The summed E-state index contributed by atoms with van der Waals surface area (Å²) in [5.74, 6) is 1.69. The Labute approximate surface area is 239 Å². The number of hydrogen-bond acceptors (Lipinski definition) is 8. The molecule has 2 aromatic heterocycles. The topological polar surface area (TPSA) is 115 Å². The second kappa shape index (κ2) is 10.7. The Balaban J connectivity index is 1.39. The highest BCUT2D eigenvalue weighted by Gasteiger charge is 2.33. The number of nitrogens with one attached hydrogen (secondary N) is 2. The summed E-state index contributed by atoms with van der Waals surface area (Å²) >= 11 is 6.25. The van der Waals surface area contributed by atoms with Crippen LogP contribution in [0, 0.1) is 0 Å². The number of anilines is 3. The van der Waals surface area contributed by atoms with Crippen molar-refractivity contribution in [2.24, 2.45) is 0 Å². The van der Waals surface area contributed by atoms with Gasteiger partial charge >= 0.3 is 0 Å². The molecule has 3 aliphatic rings. The highest BCUT2D eigenvalue weighted by atomic mass is 35.5. The van der Waals surface area contributed by atoms with Crippen LogP contribution in [0.4, 0.5) is 17.3 Å². The molecular formula is C27H35ClN8O3S. The number of sulfonamides is 1. The molecule has 3 fully saturated rings. The van der Waals surface area contributed by atoms with E-state index in [0.717, 1.165) is 87.6 Å². The highest BCUT2D eigenvalue weighted by Crippen LogP contribution is 2.35. The number of nitrogens with zero attached hydrogens (tertiary/aromatic N) is 6. The van der Waals surface area contributed by atoms with E-state index in [1.165, 1.54) is 12.1 Å². The zero-order chi connectivity index (χ0) is 28.0. The smallest absolute Gasteiger partial charge is 0.256 e. The summed E-state index contributed by atoms with van der Waals surface area (Å²) in [4.78, 5) is 25.4. The van der Waals surface area contributed by atoms with Crippen molar-refractivity contribution in [2.45, 2.75) is 44.7 Å². The summed E-state index contributed by atoms with van der Waals surface area (Å²) < 4.78 is 28.4. The van der Waals surface area contributed by atoms with Crippen LogP contribution in [0.2, 0.25) is 5.02 Å². The monoisotopic (exact) mass is 586 g/mol. The maximum Gasteiger partial charge on any atom is 0.256 e. The molecule has 3 saturated heterocycles. The van der Waals surface area contributed by atoms with E-state index in [1.54, 1.807) is 11.0 Å². The summed E-state index contributed by atoms with van der Waals surface area (Å²) in [7, 11) is -3.59. The molecular weight excluding hydrogens is 552 g/mol. The van der Waals surface area contributed by atoms with Crippen LogP contribution < -0.4 is 19.8 Å².